The molecular formula is C14H16BrN3. The van der Waals surface area contributed by atoms with Crippen LogP contribution < -0.4 is 5.32 Å². The average molecular weight is 306 g/mol. The van der Waals surface area contributed by atoms with Gasteiger partial charge in [-0.15, -0.1) is 0 Å². The quantitative estimate of drug-likeness (QED) is 0.937. The molecule has 0 radical (unpaired) electrons. The Morgan fingerprint density at radius 1 is 1.17 bits per heavy atom. The highest BCUT2D eigenvalue weighted by Crippen LogP contribution is 2.27. The number of benzene rings is 1. The number of aryl methyl sites for hydroxylation is 2. The molecule has 0 spiro atoms. The largest absolute Gasteiger partial charge is 0.372 e. The van der Waals surface area contributed by atoms with E-state index >= 15 is 0 Å². The monoisotopic (exact) mass is 305 g/mol. The number of halogens is 1. The van der Waals surface area contributed by atoms with Gasteiger partial charge in [-0.05, 0) is 29.3 Å². The van der Waals surface area contributed by atoms with Crippen molar-refractivity contribution in [1.82, 2.24) is 9.97 Å². The molecule has 0 unspecified atom stereocenters. The smallest absolute Gasteiger partial charge is 0.161 e. The Bertz CT molecular complexity index is 524. The Labute approximate surface area is 116 Å². The molecule has 1 N–H and O–H groups in total. The first-order chi connectivity index (χ1) is 8.65. The van der Waals surface area contributed by atoms with Gasteiger partial charge in [-0.1, -0.05) is 36.8 Å². The maximum Gasteiger partial charge on any atom is 0.161 e. The zero-order chi connectivity index (χ0) is 13.1. The van der Waals surface area contributed by atoms with E-state index in [0.29, 0.717) is 0 Å². The molecule has 0 aliphatic heterocycles. The first-order valence-corrected chi connectivity index (χ1v) is 6.76. The molecule has 0 fully saturated rings. The third-order valence-electron chi connectivity index (χ3n) is 2.80. The maximum absolute atomic E-state index is 4.60. The summed E-state index contributed by atoms with van der Waals surface area (Å²) >= 11 is 3.53. The predicted molar refractivity (Wildman–Crippen MR) is 78.8 cm³/mol. The van der Waals surface area contributed by atoms with Crippen molar-refractivity contribution in [2.24, 2.45) is 0 Å². The van der Waals surface area contributed by atoms with E-state index in [1.165, 1.54) is 5.56 Å². The molecule has 0 amide bonds. The van der Waals surface area contributed by atoms with Crippen LogP contribution in [-0.2, 0) is 6.42 Å². The highest BCUT2D eigenvalue weighted by atomic mass is 79.9. The molecule has 94 valence electrons. The summed E-state index contributed by atoms with van der Waals surface area (Å²) in [4.78, 5) is 9.13. The van der Waals surface area contributed by atoms with Crippen LogP contribution in [0.3, 0.4) is 0 Å². The molecule has 4 heteroatoms. The normalized spacial score (nSPS) is 10.4. The average Bonchev–Trinajstić information content (AvgIpc) is 2.40. The van der Waals surface area contributed by atoms with E-state index in [9.17, 15) is 0 Å². The Morgan fingerprint density at radius 3 is 2.39 bits per heavy atom. The first-order valence-electron chi connectivity index (χ1n) is 5.97. The molecule has 0 bridgehead atoms. The van der Waals surface area contributed by atoms with E-state index < -0.39 is 0 Å². The molecule has 2 aromatic rings. The number of nitrogens with one attached hydrogen (secondary N) is 1. The molecule has 1 aromatic carbocycles. The molecule has 1 aromatic heterocycles. The van der Waals surface area contributed by atoms with Crippen LogP contribution in [-0.4, -0.2) is 17.0 Å². The molecule has 1 heterocycles. The third-order valence-corrected chi connectivity index (χ3v) is 3.63. The Balaban J connectivity index is 2.54. The predicted octanol–water partition coefficient (Wildman–Crippen LogP) is 3.82. The summed E-state index contributed by atoms with van der Waals surface area (Å²) in [6.07, 6.45) is 0.872. The number of anilines is 1. The fourth-order valence-corrected chi connectivity index (χ4v) is 2.38. The van der Waals surface area contributed by atoms with E-state index in [0.717, 1.165) is 33.8 Å². The molecule has 0 atom stereocenters. The van der Waals surface area contributed by atoms with E-state index in [-0.39, 0.29) is 0 Å². The zero-order valence-corrected chi connectivity index (χ0v) is 12.4. The van der Waals surface area contributed by atoms with Gasteiger partial charge in [0.2, 0.25) is 0 Å². The highest BCUT2D eigenvalue weighted by Gasteiger charge is 2.11. The summed E-state index contributed by atoms with van der Waals surface area (Å²) in [5, 5.41) is 3.09. The zero-order valence-electron chi connectivity index (χ0n) is 10.8. The Hall–Kier alpha value is -1.42. The van der Waals surface area contributed by atoms with E-state index in [2.05, 4.69) is 69.3 Å². The number of nitrogens with zero attached hydrogens (tertiary/aromatic N) is 2. The van der Waals surface area contributed by atoms with Crippen LogP contribution in [0.1, 0.15) is 18.2 Å². The molecule has 18 heavy (non-hydrogen) atoms. The molecule has 0 aliphatic carbocycles. The topological polar surface area (TPSA) is 37.8 Å². The van der Waals surface area contributed by atoms with Gasteiger partial charge in [-0.3, -0.25) is 0 Å². The van der Waals surface area contributed by atoms with Gasteiger partial charge in [0.15, 0.2) is 5.82 Å². The Kier molecular flexibility index (Phi) is 3.97. The van der Waals surface area contributed by atoms with E-state index in [1.807, 2.05) is 7.05 Å². The van der Waals surface area contributed by atoms with Crippen LogP contribution in [0.2, 0.25) is 0 Å². The van der Waals surface area contributed by atoms with Crippen molar-refractivity contribution in [1.29, 1.82) is 0 Å². The summed E-state index contributed by atoms with van der Waals surface area (Å²) in [6, 6.07) is 8.26. The van der Waals surface area contributed by atoms with Crippen molar-refractivity contribution in [3.8, 4) is 11.4 Å². The number of hydrogen-bond donors (Lipinski definition) is 1. The summed E-state index contributed by atoms with van der Waals surface area (Å²) < 4.78 is 0.948. The minimum atomic E-state index is 0.763. The molecule has 0 saturated carbocycles. The number of rotatable bonds is 3. The second kappa shape index (κ2) is 5.48. The lowest BCUT2D eigenvalue weighted by atomic mass is 10.1. The molecule has 0 saturated heterocycles. The summed E-state index contributed by atoms with van der Waals surface area (Å²) in [5.74, 6) is 1.59. The van der Waals surface area contributed by atoms with Crippen molar-refractivity contribution in [3.05, 3.63) is 40.0 Å². The minimum Gasteiger partial charge on any atom is -0.372 e. The molecule has 2 rings (SSSR count). The van der Waals surface area contributed by atoms with Gasteiger partial charge in [-0.25, -0.2) is 9.97 Å². The first kappa shape index (κ1) is 13.0. The van der Waals surface area contributed by atoms with Crippen LogP contribution in [0.15, 0.2) is 28.7 Å². The second-order valence-corrected chi connectivity index (χ2v) is 4.92. The van der Waals surface area contributed by atoms with Crippen LogP contribution in [0, 0.1) is 6.92 Å². The third kappa shape index (κ3) is 2.53. The standard InChI is InChI=1S/C14H16BrN3/c1-4-11-12(15)14(16-3)18-13(17-11)10-7-5-9(2)6-8-10/h5-8H,4H2,1-3H3,(H,16,17,18). The van der Waals surface area contributed by atoms with Crippen molar-refractivity contribution < 1.29 is 0 Å². The molecule has 0 aliphatic rings. The van der Waals surface area contributed by atoms with E-state index in [1.54, 1.807) is 0 Å². The van der Waals surface area contributed by atoms with Crippen LogP contribution in [0.5, 0.6) is 0 Å². The van der Waals surface area contributed by atoms with Gasteiger partial charge in [0.05, 0.1) is 10.2 Å². The minimum absolute atomic E-state index is 0.763. The van der Waals surface area contributed by atoms with Crippen molar-refractivity contribution >= 4 is 21.7 Å². The van der Waals surface area contributed by atoms with Crippen LogP contribution in [0.25, 0.3) is 11.4 Å². The summed E-state index contributed by atoms with van der Waals surface area (Å²) in [6.45, 7) is 4.16. The molecule has 3 nitrogen and oxygen atoms in total. The fourth-order valence-electron chi connectivity index (χ4n) is 1.73. The maximum atomic E-state index is 4.60. The number of hydrogen-bond acceptors (Lipinski definition) is 3. The highest BCUT2D eigenvalue weighted by molar-refractivity contribution is 9.10. The van der Waals surface area contributed by atoms with Crippen molar-refractivity contribution in [2.75, 3.05) is 12.4 Å². The lowest BCUT2D eigenvalue weighted by molar-refractivity contribution is 0.991. The van der Waals surface area contributed by atoms with Crippen molar-refractivity contribution in [2.45, 2.75) is 20.3 Å². The SMILES string of the molecule is CCc1nc(-c2ccc(C)cc2)nc(NC)c1Br. The van der Waals surface area contributed by atoms with Gasteiger partial charge >= 0.3 is 0 Å². The van der Waals surface area contributed by atoms with Gasteiger partial charge < -0.3 is 5.32 Å². The van der Waals surface area contributed by atoms with Gasteiger partial charge in [-0.2, -0.15) is 0 Å². The Morgan fingerprint density at radius 2 is 1.83 bits per heavy atom. The summed E-state index contributed by atoms with van der Waals surface area (Å²) in [5.41, 5.74) is 3.30. The molecular weight excluding hydrogens is 290 g/mol. The van der Waals surface area contributed by atoms with Gasteiger partial charge in [0.25, 0.3) is 0 Å². The second-order valence-electron chi connectivity index (χ2n) is 4.13. The van der Waals surface area contributed by atoms with Gasteiger partial charge in [0, 0.05) is 12.6 Å². The summed E-state index contributed by atoms with van der Waals surface area (Å²) in [7, 11) is 1.87. The lowest BCUT2D eigenvalue weighted by Crippen LogP contribution is -2.02. The lowest BCUT2D eigenvalue weighted by Gasteiger charge is -2.10. The van der Waals surface area contributed by atoms with Crippen molar-refractivity contribution in [3.63, 3.8) is 0 Å². The fraction of sp³-hybridized carbons (Fsp3) is 0.286. The van der Waals surface area contributed by atoms with Gasteiger partial charge in [0.1, 0.15) is 5.82 Å². The van der Waals surface area contributed by atoms with Crippen LogP contribution in [0.4, 0.5) is 5.82 Å². The number of aromatic nitrogens is 2. The van der Waals surface area contributed by atoms with Crippen LogP contribution >= 0.6 is 15.9 Å². The van der Waals surface area contributed by atoms with E-state index in [4.69, 9.17) is 0 Å².